The van der Waals surface area contributed by atoms with Crippen molar-refractivity contribution in [1.29, 1.82) is 0 Å². The molecule has 8 heteroatoms. The summed E-state index contributed by atoms with van der Waals surface area (Å²) in [5, 5.41) is 14.7. The minimum Gasteiger partial charge on any atom is -0.496 e. The lowest BCUT2D eigenvalue weighted by Crippen LogP contribution is -2.53. The summed E-state index contributed by atoms with van der Waals surface area (Å²) in [4.78, 5) is 45.4. The number of benzene rings is 2. The summed E-state index contributed by atoms with van der Waals surface area (Å²) in [6.07, 6.45) is 4.02. The summed E-state index contributed by atoms with van der Waals surface area (Å²) >= 11 is 0. The first-order valence-corrected chi connectivity index (χ1v) is 17.0. The number of nitrogens with zero attached hydrogens (tertiary/aromatic N) is 2. The number of amides is 2. The van der Waals surface area contributed by atoms with Gasteiger partial charge in [0, 0.05) is 49.0 Å². The van der Waals surface area contributed by atoms with Crippen LogP contribution in [0.25, 0.3) is 0 Å². The second-order valence-corrected chi connectivity index (χ2v) is 15.6. The molecule has 0 bridgehead atoms. The van der Waals surface area contributed by atoms with Gasteiger partial charge >= 0.3 is 5.97 Å². The van der Waals surface area contributed by atoms with Crippen LogP contribution in [0.2, 0.25) is 0 Å². The van der Waals surface area contributed by atoms with Gasteiger partial charge in [0.25, 0.3) is 0 Å². The van der Waals surface area contributed by atoms with E-state index in [2.05, 4.69) is 59.0 Å². The highest BCUT2D eigenvalue weighted by Gasteiger charge is 2.59. The number of ether oxygens (including phenoxy) is 1. The number of methoxy groups -OCH3 is 1. The Labute approximate surface area is 274 Å². The standard InChI is InChI=1S/C38H53N3O5/c1-37(2,3)26-18-19-29(46-7)25(22-26)23-39-31-30(38(4,5)6)33(36(44)45)41(32(31)24-14-9-8-10-15-24)35(43)28-17-12-11-16-27(28)34(42)40-20-13-21-40/h8-10,14-15,18-19,22,27-28,30-33,39H,11-13,16-17,20-21,23H2,1-7H3,(H,44,45)/t27?,28?,30-,31-,32-,33-/m0/s1. The number of likely N-dealkylation sites (tertiary alicyclic amines) is 2. The molecule has 2 heterocycles. The fourth-order valence-electron chi connectivity index (χ4n) is 8.02. The molecule has 2 N–H and O–H groups in total. The van der Waals surface area contributed by atoms with Gasteiger partial charge in [0.2, 0.25) is 11.8 Å². The SMILES string of the molecule is COc1ccc(C(C)(C)C)cc1CN[C@H]1[C@H](C(C)(C)C)[C@@H](C(=O)O)N(C(=O)C2CCCCC2C(=O)N2CCC2)[C@H]1c1ccccc1. The molecule has 1 saturated carbocycles. The number of hydrogen-bond donors (Lipinski definition) is 2. The molecule has 6 atom stereocenters. The highest BCUT2D eigenvalue weighted by atomic mass is 16.5. The third-order valence-corrected chi connectivity index (χ3v) is 10.6. The smallest absolute Gasteiger partial charge is 0.326 e. The Morgan fingerprint density at radius 2 is 1.52 bits per heavy atom. The lowest BCUT2D eigenvalue weighted by molar-refractivity contribution is -0.158. The van der Waals surface area contributed by atoms with Crippen molar-refractivity contribution in [3.63, 3.8) is 0 Å². The zero-order valence-electron chi connectivity index (χ0n) is 28.7. The third-order valence-electron chi connectivity index (χ3n) is 10.6. The van der Waals surface area contributed by atoms with Crippen LogP contribution < -0.4 is 10.1 Å². The Balaban J connectivity index is 1.59. The van der Waals surface area contributed by atoms with Gasteiger partial charge in [-0.25, -0.2) is 4.79 Å². The molecule has 2 aromatic rings. The summed E-state index contributed by atoms with van der Waals surface area (Å²) in [6, 6.07) is 14.1. The summed E-state index contributed by atoms with van der Waals surface area (Å²) in [7, 11) is 1.67. The lowest BCUT2D eigenvalue weighted by atomic mass is 9.72. The van der Waals surface area contributed by atoms with E-state index < -0.39 is 41.2 Å². The number of carboxylic acids is 1. The fourth-order valence-corrected chi connectivity index (χ4v) is 8.02. The fraction of sp³-hybridized carbons (Fsp3) is 0.605. The zero-order valence-corrected chi connectivity index (χ0v) is 28.7. The number of rotatable bonds is 8. The first-order valence-electron chi connectivity index (χ1n) is 17.0. The third kappa shape index (κ3) is 6.69. The molecule has 5 rings (SSSR count). The maximum Gasteiger partial charge on any atom is 0.326 e. The molecule has 2 unspecified atom stereocenters. The maximum atomic E-state index is 14.9. The monoisotopic (exact) mass is 631 g/mol. The number of nitrogens with one attached hydrogen (secondary N) is 1. The molecule has 0 aromatic heterocycles. The molecule has 0 spiro atoms. The van der Waals surface area contributed by atoms with E-state index in [1.54, 1.807) is 12.0 Å². The first-order chi connectivity index (χ1) is 21.7. The van der Waals surface area contributed by atoms with Crippen LogP contribution in [0.3, 0.4) is 0 Å². The molecule has 2 aromatic carbocycles. The maximum absolute atomic E-state index is 14.9. The van der Waals surface area contributed by atoms with Gasteiger partial charge in [0.05, 0.1) is 13.2 Å². The number of carbonyl (C=O) groups excluding carboxylic acids is 2. The molecule has 3 fully saturated rings. The number of hydrogen-bond acceptors (Lipinski definition) is 5. The largest absolute Gasteiger partial charge is 0.496 e. The molecule has 2 amide bonds. The van der Waals surface area contributed by atoms with E-state index in [4.69, 9.17) is 4.74 Å². The Bertz CT molecular complexity index is 1410. The van der Waals surface area contributed by atoms with Crippen molar-refractivity contribution in [2.24, 2.45) is 23.2 Å². The second-order valence-electron chi connectivity index (χ2n) is 15.6. The molecule has 2 aliphatic heterocycles. The molecule has 3 aliphatic rings. The number of carbonyl (C=O) groups is 3. The predicted octanol–water partition coefficient (Wildman–Crippen LogP) is 6.19. The average Bonchev–Trinajstić information content (AvgIpc) is 3.35. The lowest BCUT2D eigenvalue weighted by Gasteiger charge is -2.41. The summed E-state index contributed by atoms with van der Waals surface area (Å²) in [5.74, 6) is -1.74. The van der Waals surface area contributed by atoms with Crippen LogP contribution in [0.5, 0.6) is 5.75 Å². The van der Waals surface area contributed by atoms with Crippen molar-refractivity contribution in [2.75, 3.05) is 20.2 Å². The van der Waals surface area contributed by atoms with Gasteiger partial charge in [0.15, 0.2) is 0 Å². The quantitative estimate of drug-likeness (QED) is 0.361. The first kappa shape index (κ1) is 34.0. The van der Waals surface area contributed by atoms with E-state index in [9.17, 15) is 19.5 Å². The minimum absolute atomic E-state index is 0.0551. The van der Waals surface area contributed by atoms with Crippen LogP contribution in [0.15, 0.2) is 48.5 Å². The Hall–Kier alpha value is -3.39. The highest BCUT2D eigenvalue weighted by molar-refractivity contribution is 5.91. The predicted molar refractivity (Wildman–Crippen MR) is 179 cm³/mol. The van der Waals surface area contributed by atoms with Crippen LogP contribution in [0.1, 0.15) is 96.4 Å². The number of aliphatic carboxylic acids is 1. The van der Waals surface area contributed by atoms with E-state index in [1.807, 2.05) is 41.3 Å². The normalized spacial score (nSPS) is 26.8. The van der Waals surface area contributed by atoms with E-state index in [0.717, 1.165) is 49.2 Å². The molecular formula is C38H53N3O5. The van der Waals surface area contributed by atoms with Crippen LogP contribution in [0.4, 0.5) is 0 Å². The average molecular weight is 632 g/mol. The van der Waals surface area contributed by atoms with Gasteiger partial charge in [-0.2, -0.15) is 0 Å². The van der Waals surface area contributed by atoms with Gasteiger partial charge in [0.1, 0.15) is 11.8 Å². The zero-order chi connectivity index (χ0) is 33.4. The molecule has 1 aliphatic carbocycles. The van der Waals surface area contributed by atoms with Crippen molar-refractivity contribution in [2.45, 2.75) is 104 Å². The molecular weight excluding hydrogens is 578 g/mol. The summed E-state index contributed by atoms with van der Waals surface area (Å²) in [5.41, 5.74) is 2.54. The summed E-state index contributed by atoms with van der Waals surface area (Å²) in [6.45, 7) is 14.6. The van der Waals surface area contributed by atoms with Gasteiger partial charge in [-0.15, -0.1) is 0 Å². The topological polar surface area (TPSA) is 99.2 Å². The van der Waals surface area contributed by atoms with Crippen molar-refractivity contribution in [3.8, 4) is 5.75 Å². The second kappa shape index (κ2) is 13.4. The Morgan fingerprint density at radius 1 is 0.891 bits per heavy atom. The van der Waals surface area contributed by atoms with E-state index in [1.165, 1.54) is 5.56 Å². The van der Waals surface area contributed by atoms with E-state index in [-0.39, 0.29) is 23.3 Å². The van der Waals surface area contributed by atoms with Crippen molar-refractivity contribution in [3.05, 3.63) is 65.2 Å². The van der Waals surface area contributed by atoms with Crippen LogP contribution >= 0.6 is 0 Å². The number of carboxylic acid groups (broad SMARTS) is 1. The van der Waals surface area contributed by atoms with E-state index >= 15 is 0 Å². The molecule has 0 radical (unpaired) electrons. The van der Waals surface area contributed by atoms with Gasteiger partial charge < -0.3 is 25.0 Å². The van der Waals surface area contributed by atoms with Crippen molar-refractivity contribution in [1.82, 2.24) is 15.1 Å². The van der Waals surface area contributed by atoms with Crippen LogP contribution in [0, 0.1) is 23.2 Å². The highest BCUT2D eigenvalue weighted by Crippen LogP contribution is 2.50. The molecule has 46 heavy (non-hydrogen) atoms. The molecule has 2 saturated heterocycles. The van der Waals surface area contributed by atoms with Crippen LogP contribution in [-0.2, 0) is 26.3 Å². The van der Waals surface area contributed by atoms with Gasteiger partial charge in [-0.3, -0.25) is 9.59 Å². The van der Waals surface area contributed by atoms with E-state index in [0.29, 0.717) is 19.4 Å². The minimum atomic E-state index is -1.06. The Kier molecular flexibility index (Phi) is 9.88. The van der Waals surface area contributed by atoms with Crippen molar-refractivity contribution >= 4 is 17.8 Å². The van der Waals surface area contributed by atoms with Gasteiger partial charge in [-0.05, 0) is 47.3 Å². The molecule has 250 valence electrons. The van der Waals surface area contributed by atoms with Gasteiger partial charge in [-0.1, -0.05) is 96.8 Å². The van der Waals surface area contributed by atoms with Crippen molar-refractivity contribution < 1.29 is 24.2 Å². The Morgan fingerprint density at radius 3 is 2.04 bits per heavy atom. The summed E-state index contributed by atoms with van der Waals surface area (Å²) < 4.78 is 5.76. The molecule has 8 nitrogen and oxygen atoms in total. The van der Waals surface area contributed by atoms with Crippen LogP contribution in [-0.4, -0.2) is 65.0 Å².